The molecule has 0 N–H and O–H groups in total. The quantitative estimate of drug-likeness (QED) is 0.599. The lowest BCUT2D eigenvalue weighted by atomic mass is 9.98. The molecule has 1 aliphatic heterocycles. The molecule has 0 aliphatic carbocycles. The summed E-state index contributed by atoms with van der Waals surface area (Å²) in [6.07, 6.45) is -5.22. The van der Waals surface area contributed by atoms with Crippen molar-refractivity contribution in [2.45, 2.75) is 43.9 Å². The molecule has 170 valence electrons. The van der Waals surface area contributed by atoms with E-state index in [9.17, 15) is 26.4 Å². The van der Waals surface area contributed by atoms with Gasteiger partial charge < -0.3 is 9.15 Å². The van der Waals surface area contributed by atoms with Gasteiger partial charge in [0, 0.05) is 20.0 Å². The van der Waals surface area contributed by atoms with Crippen LogP contribution in [0.2, 0.25) is 5.02 Å². The number of carbonyl (C=O) groups is 1. The van der Waals surface area contributed by atoms with Gasteiger partial charge in [0.2, 0.25) is 15.9 Å². The van der Waals surface area contributed by atoms with Crippen molar-refractivity contribution in [1.29, 1.82) is 0 Å². The molecule has 1 unspecified atom stereocenters. The third kappa shape index (κ3) is 5.18. The highest BCUT2D eigenvalue weighted by molar-refractivity contribution is 7.89. The second-order valence-electron chi connectivity index (χ2n) is 7.06. The van der Waals surface area contributed by atoms with Crippen molar-refractivity contribution < 1.29 is 35.5 Å². The van der Waals surface area contributed by atoms with E-state index in [4.69, 9.17) is 20.8 Å². The Hall–Kier alpha value is -2.18. The molecule has 1 aliphatic rings. The fraction of sp³-hybridized carbons (Fsp3) is 0.500. The lowest BCUT2D eigenvalue weighted by Gasteiger charge is -2.30. The molecule has 1 aromatic carbocycles. The van der Waals surface area contributed by atoms with Gasteiger partial charge in [-0.25, -0.2) is 8.42 Å². The number of aromatic nitrogens is 2. The number of nitrogens with zero attached hydrogens (tertiary/aromatic N) is 3. The van der Waals surface area contributed by atoms with Gasteiger partial charge >= 0.3 is 12.1 Å². The standard InChI is InChI=1S/C18H19ClF3N3O5S/c1-10(16-24-23-11(2)30-16)29-17(26)12-5-7-25(8-6-12)31(27,28)13-3-4-15(19)14(9-13)18(20,21)22/h3-4,9-10,12H,5-8H2,1-2H3. The number of aryl methyl sites for hydroxylation is 1. The molecule has 3 rings (SSSR count). The van der Waals surface area contributed by atoms with Crippen molar-refractivity contribution in [2.75, 3.05) is 13.1 Å². The van der Waals surface area contributed by atoms with E-state index in [0.717, 1.165) is 16.4 Å². The zero-order valence-electron chi connectivity index (χ0n) is 16.5. The molecule has 13 heteroatoms. The average Bonchev–Trinajstić information content (AvgIpc) is 3.14. The first-order valence-corrected chi connectivity index (χ1v) is 11.1. The first kappa shape index (κ1) is 23.5. The summed E-state index contributed by atoms with van der Waals surface area (Å²) in [7, 11) is -4.18. The smallest absolute Gasteiger partial charge is 0.417 e. The van der Waals surface area contributed by atoms with Gasteiger partial charge in [0.1, 0.15) is 0 Å². The van der Waals surface area contributed by atoms with Gasteiger partial charge in [0.25, 0.3) is 5.89 Å². The maximum atomic E-state index is 13.1. The lowest BCUT2D eigenvalue weighted by molar-refractivity contribution is -0.156. The Labute approximate surface area is 181 Å². The van der Waals surface area contributed by atoms with Crippen molar-refractivity contribution in [3.05, 3.63) is 40.6 Å². The number of alkyl halides is 3. The monoisotopic (exact) mass is 481 g/mol. The normalized spacial score (nSPS) is 17.5. The van der Waals surface area contributed by atoms with Crippen LogP contribution >= 0.6 is 11.6 Å². The van der Waals surface area contributed by atoms with E-state index >= 15 is 0 Å². The number of halogens is 4. The number of esters is 1. The maximum absolute atomic E-state index is 13.1. The van der Waals surface area contributed by atoms with E-state index in [1.165, 1.54) is 0 Å². The fourth-order valence-corrected chi connectivity index (χ4v) is 4.88. The number of hydrogen-bond donors (Lipinski definition) is 0. The van der Waals surface area contributed by atoms with Crippen molar-refractivity contribution in [3.63, 3.8) is 0 Å². The van der Waals surface area contributed by atoms with Crippen molar-refractivity contribution >= 4 is 27.6 Å². The number of benzene rings is 1. The van der Waals surface area contributed by atoms with Crippen LogP contribution < -0.4 is 0 Å². The Balaban J connectivity index is 1.65. The van der Waals surface area contributed by atoms with Crippen LogP contribution in [0.15, 0.2) is 27.5 Å². The predicted molar refractivity (Wildman–Crippen MR) is 101 cm³/mol. The number of piperidine rings is 1. The van der Waals surface area contributed by atoms with Crippen LogP contribution in [0.3, 0.4) is 0 Å². The van der Waals surface area contributed by atoms with Gasteiger partial charge in [-0.05, 0) is 38.0 Å². The van der Waals surface area contributed by atoms with Crippen LogP contribution in [0.1, 0.15) is 43.2 Å². The Morgan fingerprint density at radius 1 is 1.29 bits per heavy atom. The number of carbonyl (C=O) groups excluding carboxylic acids is 1. The lowest BCUT2D eigenvalue weighted by Crippen LogP contribution is -2.40. The minimum absolute atomic E-state index is 0.0415. The van der Waals surface area contributed by atoms with Crippen LogP contribution in [-0.4, -0.2) is 42.0 Å². The van der Waals surface area contributed by atoms with Gasteiger partial charge in [-0.15, -0.1) is 10.2 Å². The van der Waals surface area contributed by atoms with E-state index < -0.39 is 49.7 Å². The molecule has 8 nitrogen and oxygen atoms in total. The predicted octanol–water partition coefficient (Wildman–Crippen LogP) is 3.76. The Morgan fingerprint density at radius 2 is 1.94 bits per heavy atom. The highest BCUT2D eigenvalue weighted by atomic mass is 35.5. The van der Waals surface area contributed by atoms with E-state index in [0.29, 0.717) is 12.0 Å². The molecule has 2 heterocycles. The molecule has 1 fully saturated rings. The molecule has 0 bridgehead atoms. The van der Waals surface area contributed by atoms with Gasteiger partial charge in [0.05, 0.1) is 21.4 Å². The summed E-state index contributed by atoms with van der Waals surface area (Å²) < 4.78 is 76.4. The van der Waals surface area contributed by atoms with Gasteiger partial charge in [0.15, 0.2) is 6.10 Å². The highest BCUT2D eigenvalue weighted by Crippen LogP contribution is 2.37. The summed E-state index contributed by atoms with van der Waals surface area (Å²) >= 11 is 5.56. The van der Waals surface area contributed by atoms with Gasteiger partial charge in [-0.1, -0.05) is 11.6 Å². The minimum atomic E-state index is -4.78. The second-order valence-corrected chi connectivity index (χ2v) is 9.40. The number of rotatable bonds is 5. The second kappa shape index (κ2) is 8.75. The molecule has 31 heavy (non-hydrogen) atoms. The third-order valence-electron chi connectivity index (χ3n) is 4.85. The van der Waals surface area contributed by atoms with Crippen LogP contribution in [0, 0.1) is 12.8 Å². The number of ether oxygens (including phenoxy) is 1. The first-order chi connectivity index (χ1) is 14.4. The molecule has 0 spiro atoms. The number of hydrogen-bond acceptors (Lipinski definition) is 7. The molecule has 1 aromatic heterocycles. The zero-order valence-corrected chi connectivity index (χ0v) is 18.1. The summed E-state index contributed by atoms with van der Waals surface area (Å²) in [5.74, 6) is -0.624. The van der Waals surface area contributed by atoms with E-state index in [1.54, 1.807) is 13.8 Å². The first-order valence-electron chi connectivity index (χ1n) is 9.27. The largest absolute Gasteiger partial charge is 0.452 e. The molecule has 0 saturated carbocycles. The van der Waals surface area contributed by atoms with Crippen LogP contribution in [0.4, 0.5) is 13.2 Å². The summed E-state index contributed by atoms with van der Waals surface area (Å²) in [4.78, 5) is 11.9. The minimum Gasteiger partial charge on any atom is -0.452 e. The third-order valence-corrected chi connectivity index (χ3v) is 7.07. The molecule has 0 amide bonds. The highest BCUT2D eigenvalue weighted by Gasteiger charge is 2.37. The topological polar surface area (TPSA) is 103 Å². The van der Waals surface area contributed by atoms with E-state index in [2.05, 4.69) is 10.2 Å². The molecular formula is C18H19ClF3N3O5S. The van der Waals surface area contributed by atoms with Crippen molar-refractivity contribution in [3.8, 4) is 0 Å². The van der Waals surface area contributed by atoms with Crippen LogP contribution in [-0.2, 0) is 25.7 Å². The van der Waals surface area contributed by atoms with Crippen LogP contribution in [0.25, 0.3) is 0 Å². The summed E-state index contributed by atoms with van der Waals surface area (Å²) in [5, 5.41) is 6.86. The Kier molecular flexibility index (Phi) is 6.63. The molecule has 1 saturated heterocycles. The zero-order chi connectivity index (χ0) is 23.0. The molecule has 1 atom stereocenters. The molecule has 0 radical (unpaired) electrons. The van der Waals surface area contributed by atoms with Crippen molar-refractivity contribution in [2.24, 2.45) is 5.92 Å². The SMILES string of the molecule is Cc1nnc(C(C)OC(=O)C2CCN(S(=O)(=O)c3ccc(Cl)c(C(F)(F)F)c3)CC2)o1. The summed E-state index contributed by atoms with van der Waals surface area (Å²) in [6, 6.07) is 2.45. The maximum Gasteiger partial charge on any atom is 0.417 e. The van der Waals surface area contributed by atoms with E-state index in [1.807, 2.05) is 0 Å². The Morgan fingerprint density at radius 3 is 2.48 bits per heavy atom. The van der Waals surface area contributed by atoms with Crippen molar-refractivity contribution in [1.82, 2.24) is 14.5 Å². The molecule has 2 aromatic rings. The summed E-state index contributed by atoms with van der Waals surface area (Å²) in [5.41, 5.74) is -1.22. The van der Waals surface area contributed by atoms with Gasteiger partial charge in [-0.3, -0.25) is 4.79 Å². The fourth-order valence-electron chi connectivity index (χ4n) is 3.16. The molecular weight excluding hydrogens is 463 g/mol. The average molecular weight is 482 g/mol. The van der Waals surface area contributed by atoms with Crippen LogP contribution in [0.5, 0.6) is 0 Å². The number of sulfonamides is 1. The van der Waals surface area contributed by atoms with E-state index in [-0.39, 0.29) is 31.8 Å². The Bertz CT molecular complexity index is 1070. The van der Waals surface area contributed by atoms with Gasteiger partial charge in [-0.2, -0.15) is 17.5 Å². The summed E-state index contributed by atoms with van der Waals surface area (Å²) in [6.45, 7) is 3.09.